The van der Waals surface area contributed by atoms with E-state index in [0.717, 1.165) is 24.1 Å². The van der Waals surface area contributed by atoms with Gasteiger partial charge in [-0.1, -0.05) is 25.7 Å². The zero-order chi connectivity index (χ0) is 11.4. The molecule has 0 unspecified atom stereocenters. The van der Waals surface area contributed by atoms with Gasteiger partial charge in [0.15, 0.2) is 0 Å². The molecule has 0 saturated heterocycles. The highest BCUT2D eigenvalue weighted by Crippen LogP contribution is 2.19. The van der Waals surface area contributed by atoms with E-state index in [1.807, 2.05) is 6.92 Å². The fourth-order valence-electron chi connectivity index (χ4n) is 2.60. The molecular weight excluding hydrogens is 198 g/mol. The Morgan fingerprint density at radius 1 is 1.19 bits per heavy atom. The van der Waals surface area contributed by atoms with Crippen LogP contribution in [0.15, 0.2) is 10.5 Å². The van der Waals surface area contributed by atoms with E-state index in [9.17, 15) is 0 Å². The third-order valence-electron chi connectivity index (χ3n) is 3.58. The van der Waals surface area contributed by atoms with Crippen molar-refractivity contribution in [2.24, 2.45) is 0 Å². The van der Waals surface area contributed by atoms with Gasteiger partial charge in [0.05, 0.1) is 0 Å². The minimum Gasteiger partial charge on any atom is -0.466 e. The van der Waals surface area contributed by atoms with Crippen LogP contribution in [0.4, 0.5) is 0 Å². The van der Waals surface area contributed by atoms with Crippen molar-refractivity contribution in [1.29, 1.82) is 0 Å². The summed E-state index contributed by atoms with van der Waals surface area (Å²) in [7, 11) is 0. The SMILES string of the molecule is Cc1cc(CNC2CCCCCC2)c(C)o1. The van der Waals surface area contributed by atoms with Gasteiger partial charge >= 0.3 is 0 Å². The molecule has 0 spiro atoms. The van der Waals surface area contributed by atoms with Crippen molar-refractivity contribution < 1.29 is 4.42 Å². The summed E-state index contributed by atoms with van der Waals surface area (Å²) in [6.45, 7) is 5.03. The van der Waals surface area contributed by atoms with Crippen molar-refractivity contribution in [2.45, 2.75) is 65.0 Å². The van der Waals surface area contributed by atoms with Gasteiger partial charge in [-0.25, -0.2) is 0 Å². The Morgan fingerprint density at radius 3 is 2.44 bits per heavy atom. The second kappa shape index (κ2) is 5.53. The molecule has 2 heteroatoms. The van der Waals surface area contributed by atoms with Crippen LogP contribution in [0.5, 0.6) is 0 Å². The molecule has 0 aromatic carbocycles. The molecule has 0 radical (unpaired) electrons. The number of hydrogen-bond acceptors (Lipinski definition) is 2. The van der Waals surface area contributed by atoms with Crippen LogP contribution in [0.1, 0.15) is 55.6 Å². The molecule has 1 N–H and O–H groups in total. The maximum absolute atomic E-state index is 5.54. The molecule has 1 aliphatic carbocycles. The van der Waals surface area contributed by atoms with Gasteiger partial charge in [-0.2, -0.15) is 0 Å². The zero-order valence-corrected chi connectivity index (χ0v) is 10.5. The first kappa shape index (κ1) is 11.7. The summed E-state index contributed by atoms with van der Waals surface area (Å²) in [5.74, 6) is 2.09. The molecule has 0 atom stereocenters. The van der Waals surface area contributed by atoms with Gasteiger partial charge < -0.3 is 9.73 Å². The standard InChI is InChI=1S/C14H23NO/c1-11-9-13(12(2)16-11)10-15-14-7-5-3-4-6-8-14/h9,14-15H,3-8,10H2,1-2H3. The van der Waals surface area contributed by atoms with E-state index in [4.69, 9.17) is 4.42 Å². The van der Waals surface area contributed by atoms with Crippen molar-refractivity contribution in [3.63, 3.8) is 0 Å². The van der Waals surface area contributed by atoms with Crippen LogP contribution < -0.4 is 5.32 Å². The Kier molecular flexibility index (Phi) is 4.05. The van der Waals surface area contributed by atoms with Crippen LogP contribution in [0.25, 0.3) is 0 Å². The van der Waals surface area contributed by atoms with E-state index < -0.39 is 0 Å². The molecule has 1 aliphatic rings. The quantitative estimate of drug-likeness (QED) is 0.787. The number of aryl methyl sites for hydroxylation is 2. The first-order valence-corrected chi connectivity index (χ1v) is 6.55. The highest BCUT2D eigenvalue weighted by atomic mass is 16.3. The van der Waals surface area contributed by atoms with E-state index in [-0.39, 0.29) is 0 Å². The summed E-state index contributed by atoms with van der Waals surface area (Å²) in [6.07, 6.45) is 8.30. The number of rotatable bonds is 3. The Bertz CT molecular complexity index is 321. The van der Waals surface area contributed by atoms with Gasteiger partial charge in [0.25, 0.3) is 0 Å². The Balaban J connectivity index is 1.84. The zero-order valence-electron chi connectivity index (χ0n) is 10.5. The van der Waals surface area contributed by atoms with Crippen LogP contribution in [0.2, 0.25) is 0 Å². The van der Waals surface area contributed by atoms with E-state index in [0.29, 0.717) is 0 Å². The summed E-state index contributed by atoms with van der Waals surface area (Å²) in [6, 6.07) is 2.87. The smallest absolute Gasteiger partial charge is 0.105 e. The molecule has 0 aliphatic heterocycles. The molecule has 0 amide bonds. The predicted octanol–water partition coefficient (Wildman–Crippen LogP) is 3.71. The molecule has 1 aromatic heterocycles. The maximum Gasteiger partial charge on any atom is 0.105 e. The average molecular weight is 221 g/mol. The Labute approximate surface area is 98.4 Å². The molecule has 2 nitrogen and oxygen atoms in total. The Morgan fingerprint density at radius 2 is 1.88 bits per heavy atom. The highest BCUT2D eigenvalue weighted by molar-refractivity contribution is 5.19. The van der Waals surface area contributed by atoms with Crippen LogP contribution in [-0.4, -0.2) is 6.04 Å². The molecule has 0 bridgehead atoms. The van der Waals surface area contributed by atoms with Crippen LogP contribution >= 0.6 is 0 Å². The molecule has 2 rings (SSSR count). The number of hydrogen-bond donors (Lipinski definition) is 1. The lowest BCUT2D eigenvalue weighted by Crippen LogP contribution is -2.27. The monoisotopic (exact) mass is 221 g/mol. The third-order valence-corrected chi connectivity index (χ3v) is 3.58. The molecule has 1 heterocycles. The maximum atomic E-state index is 5.54. The fourth-order valence-corrected chi connectivity index (χ4v) is 2.60. The summed E-state index contributed by atoms with van der Waals surface area (Å²) in [5, 5.41) is 3.67. The fraction of sp³-hybridized carbons (Fsp3) is 0.714. The second-order valence-electron chi connectivity index (χ2n) is 5.01. The van der Waals surface area contributed by atoms with E-state index in [2.05, 4.69) is 18.3 Å². The molecule has 1 fully saturated rings. The molecular formula is C14H23NO. The van der Waals surface area contributed by atoms with Gasteiger partial charge in [-0.15, -0.1) is 0 Å². The average Bonchev–Trinajstić information content (AvgIpc) is 2.48. The lowest BCUT2D eigenvalue weighted by molar-refractivity contribution is 0.452. The second-order valence-corrected chi connectivity index (χ2v) is 5.01. The van der Waals surface area contributed by atoms with E-state index >= 15 is 0 Å². The van der Waals surface area contributed by atoms with Crippen molar-refractivity contribution in [1.82, 2.24) is 5.32 Å². The van der Waals surface area contributed by atoms with Crippen molar-refractivity contribution in [3.05, 3.63) is 23.2 Å². The summed E-state index contributed by atoms with van der Waals surface area (Å²) < 4.78 is 5.54. The van der Waals surface area contributed by atoms with E-state index in [1.54, 1.807) is 0 Å². The summed E-state index contributed by atoms with van der Waals surface area (Å²) >= 11 is 0. The summed E-state index contributed by atoms with van der Waals surface area (Å²) in [5.41, 5.74) is 1.32. The van der Waals surface area contributed by atoms with Crippen molar-refractivity contribution in [3.8, 4) is 0 Å². The van der Waals surface area contributed by atoms with Crippen molar-refractivity contribution in [2.75, 3.05) is 0 Å². The summed E-state index contributed by atoms with van der Waals surface area (Å²) in [4.78, 5) is 0. The minimum absolute atomic E-state index is 0.720. The Hall–Kier alpha value is -0.760. The number of furan rings is 1. The minimum atomic E-state index is 0.720. The first-order valence-electron chi connectivity index (χ1n) is 6.55. The highest BCUT2D eigenvalue weighted by Gasteiger charge is 2.12. The van der Waals surface area contributed by atoms with Gasteiger partial charge in [0.1, 0.15) is 11.5 Å². The first-order chi connectivity index (χ1) is 7.75. The van der Waals surface area contributed by atoms with Gasteiger partial charge in [-0.3, -0.25) is 0 Å². The lowest BCUT2D eigenvalue weighted by Gasteiger charge is -2.15. The molecule has 1 aromatic rings. The molecule has 1 saturated carbocycles. The van der Waals surface area contributed by atoms with Gasteiger partial charge in [0, 0.05) is 18.2 Å². The topological polar surface area (TPSA) is 25.2 Å². The van der Waals surface area contributed by atoms with Gasteiger partial charge in [0.2, 0.25) is 0 Å². The van der Waals surface area contributed by atoms with Crippen LogP contribution in [0.3, 0.4) is 0 Å². The largest absolute Gasteiger partial charge is 0.466 e. The van der Waals surface area contributed by atoms with Crippen molar-refractivity contribution >= 4 is 0 Å². The van der Waals surface area contributed by atoms with E-state index in [1.165, 1.54) is 44.1 Å². The normalized spacial score (nSPS) is 18.6. The molecule has 16 heavy (non-hydrogen) atoms. The lowest BCUT2D eigenvalue weighted by atomic mass is 10.1. The van der Waals surface area contributed by atoms with Gasteiger partial charge in [-0.05, 0) is 32.8 Å². The molecule has 90 valence electrons. The predicted molar refractivity (Wildman–Crippen MR) is 66.5 cm³/mol. The third kappa shape index (κ3) is 3.11. The van der Waals surface area contributed by atoms with Crippen LogP contribution in [-0.2, 0) is 6.54 Å². The number of nitrogens with one attached hydrogen (secondary N) is 1. The van der Waals surface area contributed by atoms with Crippen LogP contribution in [0, 0.1) is 13.8 Å².